The number of hydrogen-bond donors (Lipinski definition) is 2. The fourth-order valence-corrected chi connectivity index (χ4v) is 2.83. The van der Waals surface area contributed by atoms with Gasteiger partial charge in [0.15, 0.2) is 6.10 Å². The van der Waals surface area contributed by atoms with Crippen LogP contribution in [0.4, 0.5) is 0 Å². The minimum absolute atomic E-state index is 0.126. The molecule has 0 saturated heterocycles. The minimum Gasteiger partial charge on any atom is -0.481 e. The van der Waals surface area contributed by atoms with Gasteiger partial charge in [-0.2, -0.15) is 0 Å². The Morgan fingerprint density at radius 3 is 2.32 bits per heavy atom. The van der Waals surface area contributed by atoms with E-state index in [0.29, 0.717) is 29.6 Å². The highest BCUT2D eigenvalue weighted by Crippen LogP contribution is 2.19. The molecule has 5 nitrogen and oxygen atoms in total. The normalized spacial score (nSPS) is 11.8. The summed E-state index contributed by atoms with van der Waals surface area (Å²) in [6, 6.07) is 11.4. The molecular weight excluding hydrogens is 336 g/mol. The van der Waals surface area contributed by atoms with Crippen LogP contribution in [0, 0.1) is 0 Å². The first-order valence-corrected chi connectivity index (χ1v) is 9.21. The number of thiophene rings is 1. The topological polar surface area (TPSA) is 67.4 Å². The lowest BCUT2D eigenvalue weighted by atomic mass is 10.0. The molecule has 2 amide bonds. The maximum atomic E-state index is 12.0. The zero-order chi connectivity index (χ0) is 18.2. The number of carbonyl (C=O) groups excluding carboxylic acids is 2. The molecule has 6 heteroatoms. The molecular formula is C19H24N2O3S. The van der Waals surface area contributed by atoms with E-state index in [0.717, 1.165) is 0 Å². The van der Waals surface area contributed by atoms with Gasteiger partial charge in [-0.25, -0.2) is 0 Å². The number of amides is 2. The zero-order valence-corrected chi connectivity index (χ0v) is 15.6. The van der Waals surface area contributed by atoms with Crippen LogP contribution in [0.2, 0.25) is 0 Å². The molecule has 1 atom stereocenters. The molecule has 0 spiro atoms. The molecule has 1 aromatic carbocycles. The third-order valence-electron chi connectivity index (χ3n) is 3.68. The maximum Gasteiger partial charge on any atom is 0.261 e. The Balaban J connectivity index is 1.70. The van der Waals surface area contributed by atoms with E-state index < -0.39 is 6.10 Å². The van der Waals surface area contributed by atoms with Crippen LogP contribution >= 0.6 is 11.3 Å². The fraction of sp³-hybridized carbons (Fsp3) is 0.368. The maximum absolute atomic E-state index is 12.0. The van der Waals surface area contributed by atoms with Crippen LogP contribution in [-0.2, 0) is 4.79 Å². The van der Waals surface area contributed by atoms with Crippen molar-refractivity contribution in [1.29, 1.82) is 0 Å². The fourth-order valence-electron chi connectivity index (χ4n) is 2.19. The van der Waals surface area contributed by atoms with Gasteiger partial charge in [0, 0.05) is 13.1 Å². The standard InChI is InChI=1S/C19H24N2O3S/c1-13(2)15-6-8-16(9-7-15)24-14(3)18(22)20-10-11-21-19(23)17-5-4-12-25-17/h4-9,12-14H,10-11H2,1-3H3,(H,20,22)(H,21,23). The van der Waals surface area contributed by atoms with Crippen molar-refractivity contribution in [3.05, 3.63) is 52.2 Å². The van der Waals surface area contributed by atoms with Gasteiger partial charge in [-0.1, -0.05) is 32.0 Å². The lowest BCUT2D eigenvalue weighted by Crippen LogP contribution is -2.40. The van der Waals surface area contributed by atoms with Gasteiger partial charge in [0.1, 0.15) is 5.75 Å². The van der Waals surface area contributed by atoms with E-state index in [2.05, 4.69) is 24.5 Å². The second-order valence-corrected chi connectivity index (χ2v) is 6.96. The number of benzene rings is 1. The highest BCUT2D eigenvalue weighted by atomic mass is 32.1. The molecule has 2 N–H and O–H groups in total. The summed E-state index contributed by atoms with van der Waals surface area (Å²) in [5.74, 6) is 0.786. The molecule has 0 bridgehead atoms. The highest BCUT2D eigenvalue weighted by molar-refractivity contribution is 7.12. The van der Waals surface area contributed by atoms with Crippen molar-refractivity contribution in [2.24, 2.45) is 0 Å². The Labute approximate surface area is 152 Å². The molecule has 0 aliphatic carbocycles. The Hall–Kier alpha value is -2.34. The summed E-state index contributed by atoms with van der Waals surface area (Å²) >= 11 is 1.38. The molecule has 2 rings (SSSR count). The lowest BCUT2D eigenvalue weighted by molar-refractivity contribution is -0.127. The first kappa shape index (κ1) is 19.0. The van der Waals surface area contributed by atoms with Crippen molar-refractivity contribution in [1.82, 2.24) is 10.6 Å². The molecule has 1 aromatic heterocycles. The Kier molecular flexibility index (Phi) is 7.01. The average molecular weight is 360 g/mol. The second kappa shape index (κ2) is 9.22. The third kappa shape index (κ3) is 5.90. The smallest absolute Gasteiger partial charge is 0.261 e. The van der Waals surface area contributed by atoms with Gasteiger partial charge in [0.05, 0.1) is 4.88 Å². The largest absolute Gasteiger partial charge is 0.481 e. The Bertz CT molecular complexity index is 681. The molecule has 0 radical (unpaired) electrons. The molecule has 134 valence electrons. The first-order valence-electron chi connectivity index (χ1n) is 8.33. The summed E-state index contributed by atoms with van der Waals surface area (Å²) in [6.07, 6.45) is -0.599. The average Bonchev–Trinajstić information content (AvgIpc) is 3.13. The Morgan fingerprint density at radius 1 is 1.04 bits per heavy atom. The second-order valence-electron chi connectivity index (χ2n) is 6.01. The van der Waals surface area contributed by atoms with Crippen LogP contribution in [0.1, 0.15) is 41.9 Å². The van der Waals surface area contributed by atoms with Crippen LogP contribution in [0.5, 0.6) is 5.75 Å². The molecule has 1 unspecified atom stereocenters. The van der Waals surface area contributed by atoms with Gasteiger partial charge in [0.25, 0.3) is 11.8 Å². The summed E-state index contributed by atoms with van der Waals surface area (Å²) < 4.78 is 5.65. The predicted molar refractivity (Wildman–Crippen MR) is 100 cm³/mol. The van der Waals surface area contributed by atoms with E-state index >= 15 is 0 Å². The molecule has 2 aromatic rings. The van der Waals surface area contributed by atoms with Crippen molar-refractivity contribution in [2.45, 2.75) is 32.8 Å². The van der Waals surface area contributed by atoms with Crippen LogP contribution in [0.15, 0.2) is 41.8 Å². The monoisotopic (exact) mass is 360 g/mol. The molecule has 1 heterocycles. The van der Waals surface area contributed by atoms with E-state index in [1.54, 1.807) is 13.0 Å². The van der Waals surface area contributed by atoms with Gasteiger partial charge in [-0.05, 0) is 42.0 Å². The van der Waals surface area contributed by atoms with Gasteiger partial charge in [-0.15, -0.1) is 11.3 Å². The molecule has 0 fully saturated rings. The van der Waals surface area contributed by atoms with Crippen molar-refractivity contribution < 1.29 is 14.3 Å². The van der Waals surface area contributed by atoms with Crippen LogP contribution < -0.4 is 15.4 Å². The first-order chi connectivity index (χ1) is 12.0. The van der Waals surface area contributed by atoms with Crippen LogP contribution in [0.25, 0.3) is 0 Å². The van der Waals surface area contributed by atoms with E-state index in [1.807, 2.05) is 35.7 Å². The summed E-state index contributed by atoms with van der Waals surface area (Å²) in [5.41, 5.74) is 1.23. The summed E-state index contributed by atoms with van der Waals surface area (Å²) in [5, 5.41) is 7.37. The SMILES string of the molecule is CC(Oc1ccc(C(C)C)cc1)C(=O)NCCNC(=O)c1cccs1. The summed E-state index contributed by atoms with van der Waals surface area (Å²) in [7, 11) is 0. The predicted octanol–water partition coefficient (Wildman–Crippen LogP) is 3.19. The number of hydrogen-bond acceptors (Lipinski definition) is 4. The van der Waals surface area contributed by atoms with E-state index in [4.69, 9.17) is 4.74 Å². The quantitative estimate of drug-likeness (QED) is 0.711. The van der Waals surface area contributed by atoms with E-state index in [-0.39, 0.29) is 11.8 Å². The van der Waals surface area contributed by atoms with Crippen molar-refractivity contribution in [3.8, 4) is 5.75 Å². The van der Waals surface area contributed by atoms with Gasteiger partial charge < -0.3 is 15.4 Å². The summed E-state index contributed by atoms with van der Waals surface area (Å²) in [4.78, 5) is 24.5. The lowest BCUT2D eigenvalue weighted by Gasteiger charge is -2.15. The van der Waals surface area contributed by atoms with Crippen LogP contribution in [0.3, 0.4) is 0 Å². The Morgan fingerprint density at radius 2 is 1.72 bits per heavy atom. The van der Waals surface area contributed by atoms with Crippen LogP contribution in [-0.4, -0.2) is 31.0 Å². The number of rotatable bonds is 8. The van der Waals surface area contributed by atoms with E-state index in [9.17, 15) is 9.59 Å². The molecule has 25 heavy (non-hydrogen) atoms. The van der Waals surface area contributed by atoms with Crippen molar-refractivity contribution in [2.75, 3.05) is 13.1 Å². The van der Waals surface area contributed by atoms with Crippen molar-refractivity contribution in [3.63, 3.8) is 0 Å². The highest BCUT2D eigenvalue weighted by Gasteiger charge is 2.14. The molecule has 0 aliphatic rings. The van der Waals surface area contributed by atoms with Gasteiger partial charge in [0.2, 0.25) is 0 Å². The molecule has 0 aliphatic heterocycles. The van der Waals surface area contributed by atoms with Crippen molar-refractivity contribution >= 4 is 23.2 Å². The van der Waals surface area contributed by atoms with E-state index in [1.165, 1.54) is 16.9 Å². The minimum atomic E-state index is -0.599. The zero-order valence-electron chi connectivity index (χ0n) is 14.7. The number of ether oxygens (including phenoxy) is 1. The number of nitrogens with one attached hydrogen (secondary N) is 2. The van der Waals surface area contributed by atoms with Gasteiger partial charge in [-0.3, -0.25) is 9.59 Å². The number of carbonyl (C=O) groups is 2. The summed E-state index contributed by atoms with van der Waals surface area (Å²) in [6.45, 7) is 6.69. The third-order valence-corrected chi connectivity index (χ3v) is 4.55. The van der Waals surface area contributed by atoms with Gasteiger partial charge >= 0.3 is 0 Å². The molecule has 0 saturated carbocycles.